The first-order valence-electron chi connectivity index (χ1n) is 2.86. The van der Waals surface area contributed by atoms with Gasteiger partial charge in [0.05, 0.1) is 0 Å². The largest absolute Gasteiger partial charge is 0.237 e. The molecule has 3 heteroatoms. The van der Waals surface area contributed by atoms with Gasteiger partial charge in [-0.2, -0.15) is 0 Å². The fourth-order valence-electron chi connectivity index (χ4n) is 0.957. The summed E-state index contributed by atoms with van der Waals surface area (Å²) < 4.78 is 2.19. The van der Waals surface area contributed by atoms with E-state index in [-0.39, 0.29) is 0 Å². The molecule has 0 spiro atoms. The zero-order valence-corrected chi connectivity index (χ0v) is 6.50. The van der Waals surface area contributed by atoms with E-state index in [0.717, 1.165) is 19.0 Å². The SMILES string of the molecule is CC1CCN(SCl)C1. The Kier molecular flexibility index (Phi) is 2.47. The molecule has 1 heterocycles. The van der Waals surface area contributed by atoms with Crippen molar-refractivity contribution in [3.63, 3.8) is 0 Å². The number of hydrogen-bond donors (Lipinski definition) is 0. The van der Waals surface area contributed by atoms with Crippen molar-refractivity contribution in [2.45, 2.75) is 13.3 Å². The van der Waals surface area contributed by atoms with E-state index in [2.05, 4.69) is 11.2 Å². The molecule has 8 heavy (non-hydrogen) atoms. The normalized spacial score (nSPS) is 31.5. The molecule has 1 saturated heterocycles. The Labute approximate surface area is 59.0 Å². The van der Waals surface area contributed by atoms with Gasteiger partial charge in [0.1, 0.15) is 0 Å². The van der Waals surface area contributed by atoms with E-state index in [0.29, 0.717) is 0 Å². The molecule has 0 bridgehead atoms. The summed E-state index contributed by atoms with van der Waals surface area (Å²) in [7, 11) is 5.52. The van der Waals surface area contributed by atoms with Gasteiger partial charge in [0.2, 0.25) is 0 Å². The van der Waals surface area contributed by atoms with Crippen molar-refractivity contribution in [2.24, 2.45) is 5.92 Å². The quantitative estimate of drug-likeness (QED) is 0.529. The first-order chi connectivity index (χ1) is 3.83. The van der Waals surface area contributed by atoms with Gasteiger partial charge in [-0.3, -0.25) is 0 Å². The molecule has 0 aromatic rings. The predicted molar refractivity (Wildman–Crippen MR) is 38.8 cm³/mol. The van der Waals surface area contributed by atoms with Gasteiger partial charge in [0.25, 0.3) is 0 Å². The zero-order chi connectivity index (χ0) is 5.98. The van der Waals surface area contributed by atoms with E-state index in [4.69, 9.17) is 10.7 Å². The van der Waals surface area contributed by atoms with Gasteiger partial charge in [0, 0.05) is 24.3 Å². The van der Waals surface area contributed by atoms with E-state index >= 15 is 0 Å². The van der Waals surface area contributed by atoms with Crippen molar-refractivity contribution in [1.82, 2.24) is 4.31 Å². The Morgan fingerprint density at radius 2 is 2.50 bits per heavy atom. The summed E-state index contributed by atoms with van der Waals surface area (Å²) in [5.74, 6) is 0.848. The van der Waals surface area contributed by atoms with E-state index in [1.165, 1.54) is 17.6 Å². The van der Waals surface area contributed by atoms with Crippen LogP contribution in [0.5, 0.6) is 0 Å². The molecule has 1 unspecified atom stereocenters. The standard InChI is InChI=1S/C5H10ClNS/c1-5-2-3-7(4-5)8-6/h5H,2-4H2,1H3. The van der Waals surface area contributed by atoms with Crippen LogP contribution in [0.4, 0.5) is 0 Å². The summed E-state index contributed by atoms with van der Waals surface area (Å²) in [6, 6.07) is 0. The molecular weight excluding hydrogens is 142 g/mol. The molecule has 1 nitrogen and oxygen atoms in total. The minimum absolute atomic E-state index is 0.848. The summed E-state index contributed by atoms with van der Waals surface area (Å²) in [5.41, 5.74) is 0. The van der Waals surface area contributed by atoms with Gasteiger partial charge >= 0.3 is 0 Å². The Morgan fingerprint density at radius 3 is 2.75 bits per heavy atom. The summed E-state index contributed by atoms with van der Waals surface area (Å²) >= 11 is 1.34. The number of halogens is 1. The van der Waals surface area contributed by atoms with Crippen LogP contribution in [0.1, 0.15) is 13.3 Å². The molecule has 0 radical (unpaired) electrons. The van der Waals surface area contributed by atoms with Crippen molar-refractivity contribution in [2.75, 3.05) is 13.1 Å². The highest BCUT2D eigenvalue weighted by molar-refractivity contribution is 8.19. The van der Waals surface area contributed by atoms with E-state index < -0.39 is 0 Å². The molecule has 0 aliphatic carbocycles. The van der Waals surface area contributed by atoms with Gasteiger partial charge in [-0.15, -0.1) is 0 Å². The molecule has 1 fully saturated rings. The molecule has 1 aliphatic rings. The van der Waals surface area contributed by atoms with Crippen molar-refractivity contribution in [1.29, 1.82) is 0 Å². The van der Waals surface area contributed by atoms with Crippen LogP contribution in [0, 0.1) is 5.92 Å². The van der Waals surface area contributed by atoms with Gasteiger partial charge in [-0.05, 0) is 23.0 Å². The molecule has 1 rings (SSSR count). The Balaban J connectivity index is 2.22. The minimum Gasteiger partial charge on any atom is -0.237 e. The average molecular weight is 152 g/mol. The van der Waals surface area contributed by atoms with Gasteiger partial charge in [0.15, 0.2) is 0 Å². The van der Waals surface area contributed by atoms with Crippen LogP contribution in [-0.4, -0.2) is 17.4 Å². The summed E-state index contributed by atoms with van der Waals surface area (Å²) in [4.78, 5) is 0. The van der Waals surface area contributed by atoms with Gasteiger partial charge in [-0.1, -0.05) is 6.92 Å². The van der Waals surface area contributed by atoms with Crippen molar-refractivity contribution in [3.8, 4) is 0 Å². The van der Waals surface area contributed by atoms with Crippen LogP contribution < -0.4 is 0 Å². The Morgan fingerprint density at radius 1 is 1.75 bits per heavy atom. The number of nitrogens with zero attached hydrogens (tertiary/aromatic N) is 1. The monoisotopic (exact) mass is 151 g/mol. The smallest absolute Gasteiger partial charge is 0.0307 e. The van der Waals surface area contributed by atoms with Crippen molar-refractivity contribution >= 4 is 21.8 Å². The molecule has 0 saturated carbocycles. The first-order valence-corrected chi connectivity index (χ1v) is 4.46. The lowest BCUT2D eigenvalue weighted by Gasteiger charge is -2.06. The lowest BCUT2D eigenvalue weighted by molar-refractivity contribution is 0.554. The first kappa shape index (κ1) is 6.72. The van der Waals surface area contributed by atoms with E-state index in [1.54, 1.807) is 0 Å². The van der Waals surface area contributed by atoms with Crippen LogP contribution in [0.2, 0.25) is 0 Å². The fourth-order valence-corrected chi connectivity index (χ4v) is 1.82. The second-order valence-electron chi connectivity index (χ2n) is 2.35. The zero-order valence-electron chi connectivity index (χ0n) is 4.93. The van der Waals surface area contributed by atoms with Crippen LogP contribution in [0.3, 0.4) is 0 Å². The number of hydrogen-bond acceptors (Lipinski definition) is 2. The number of rotatable bonds is 1. The third-order valence-corrected chi connectivity index (χ3v) is 2.60. The third-order valence-electron chi connectivity index (χ3n) is 1.48. The highest BCUT2D eigenvalue weighted by Gasteiger charge is 2.17. The Hall–Kier alpha value is 0.600. The Bertz CT molecular complexity index is 78.8. The maximum atomic E-state index is 5.52. The molecule has 0 aromatic heterocycles. The summed E-state index contributed by atoms with van der Waals surface area (Å²) in [5, 5.41) is 0. The van der Waals surface area contributed by atoms with E-state index in [1.807, 2.05) is 0 Å². The molecule has 0 amide bonds. The van der Waals surface area contributed by atoms with Gasteiger partial charge < -0.3 is 0 Å². The fraction of sp³-hybridized carbons (Fsp3) is 1.00. The van der Waals surface area contributed by atoms with Crippen LogP contribution in [0.25, 0.3) is 0 Å². The van der Waals surface area contributed by atoms with Gasteiger partial charge in [-0.25, -0.2) is 4.31 Å². The van der Waals surface area contributed by atoms with Crippen LogP contribution in [-0.2, 0) is 0 Å². The lowest BCUT2D eigenvalue weighted by atomic mass is 10.2. The molecule has 1 aliphatic heterocycles. The topological polar surface area (TPSA) is 3.24 Å². The molecular formula is C5H10ClNS. The third kappa shape index (κ3) is 1.54. The second kappa shape index (κ2) is 2.95. The highest BCUT2D eigenvalue weighted by atomic mass is 35.7. The predicted octanol–water partition coefficient (Wildman–Crippen LogP) is 2.13. The molecule has 0 aromatic carbocycles. The van der Waals surface area contributed by atoms with Crippen LogP contribution >= 0.6 is 21.8 Å². The highest BCUT2D eigenvalue weighted by Crippen LogP contribution is 2.24. The maximum Gasteiger partial charge on any atom is 0.0307 e. The molecule has 48 valence electrons. The average Bonchev–Trinajstić information content (AvgIpc) is 2.14. The summed E-state index contributed by atoms with van der Waals surface area (Å²) in [6.45, 7) is 4.58. The van der Waals surface area contributed by atoms with Crippen LogP contribution in [0.15, 0.2) is 0 Å². The molecule has 1 atom stereocenters. The minimum atomic E-state index is 0.848. The van der Waals surface area contributed by atoms with Crippen molar-refractivity contribution < 1.29 is 0 Å². The van der Waals surface area contributed by atoms with E-state index in [9.17, 15) is 0 Å². The summed E-state index contributed by atoms with van der Waals surface area (Å²) in [6.07, 6.45) is 1.31. The molecule has 0 N–H and O–H groups in total. The van der Waals surface area contributed by atoms with Crippen molar-refractivity contribution in [3.05, 3.63) is 0 Å². The maximum absolute atomic E-state index is 5.52. The lowest BCUT2D eigenvalue weighted by Crippen LogP contribution is -2.07. The second-order valence-corrected chi connectivity index (χ2v) is 3.42.